The molecule has 3 rings (SSSR count). The number of nitrogens with zero attached hydrogens (tertiary/aromatic N) is 1. The number of amides is 2. The Morgan fingerprint density at radius 2 is 2.20 bits per heavy atom. The standard InChI is InChI=1S/C19H22N4O2/c1-4-17(25)23-8-7-14(10-23)22-15-6-5-13(9-16(20)24)19-18(15)11(2)12(3)21-19/h1,5-6,14,21-22H,7-10H2,2-3H3,(H2,20,24). The summed E-state index contributed by atoms with van der Waals surface area (Å²) in [5.74, 6) is 1.55. The third-order valence-corrected chi connectivity index (χ3v) is 4.86. The number of primary amides is 1. The highest BCUT2D eigenvalue weighted by molar-refractivity contribution is 5.99. The lowest BCUT2D eigenvalue weighted by Gasteiger charge is -2.17. The van der Waals surface area contributed by atoms with Gasteiger partial charge in [0.2, 0.25) is 5.91 Å². The minimum atomic E-state index is -0.355. The van der Waals surface area contributed by atoms with Crippen molar-refractivity contribution in [2.75, 3.05) is 18.4 Å². The lowest BCUT2D eigenvalue weighted by Crippen LogP contribution is -2.30. The average molecular weight is 338 g/mol. The number of aryl methyl sites for hydroxylation is 2. The first-order valence-electron chi connectivity index (χ1n) is 8.31. The van der Waals surface area contributed by atoms with Crippen LogP contribution in [-0.4, -0.2) is 40.8 Å². The lowest BCUT2D eigenvalue weighted by molar-refractivity contribution is -0.124. The van der Waals surface area contributed by atoms with Crippen LogP contribution in [0.2, 0.25) is 0 Å². The minimum absolute atomic E-state index is 0.150. The molecule has 2 amide bonds. The number of likely N-dealkylation sites (tertiary alicyclic amines) is 1. The van der Waals surface area contributed by atoms with Crippen LogP contribution in [0.25, 0.3) is 10.9 Å². The molecule has 0 radical (unpaired) electrons. The van der Waals surface area contributed by atoms with Crippen LogP contribution in [0.1, 0.15) is 23.2 Å². The van der Waals surface area contributed by atoms with E-state index in [2.05, 4.69) is 23.1 Å². The summed E-state index contributed by atoms with van der Waals surface area (Å²) in [4.78, 5) is 28.0. The molecule has 0 saturated carbocycles. The van der Waals surface area contributed by atoms with E-state index in [-0.39, 0.29) is 24.3 Å². The predicted octanol–water partition coefficient (Wildman–Crippen LogP) is 1.46. The second-order valence-corrected chi connectivity index (χ2v) is 6.57. The molecule has 0 bridgehead atoms. The summed E-state index contributed by atoms with van der Waals surface area (Å²) in [6.45, 7) is 5.32. The highest BCUT2D eigenvalue weighted by Crippen LogP contribution is 2.32. The van der Waals surface area contributed by atoms with Gasteiger partial charge in [-0.05, 0) is 43.4 Å². The van der Waals surface area contributed by atoms with E-state index >= 15 is 0 Å². The zero-order valence-corrected chi connectivity index (χ0v) is 14.5. The van der Waals surface area contributed by atoms with E-state index in [9.17, 15) is 9.59 Å². The number of anilines is 1. The number of hydrogen-bond donors (Lipinski definition) is 3. The van der Waals surface area contributed by atoms with Crippen molar-refractivity contribution >= 4 is 28.4 Å². The Morgan fingerprint density at radius 3 is 2.88 bits per heavy atom. The summed E-state index contributed by atoms with van der Waals surface area (Å²) < 4.78 is 0. The van der Waals surface area contributed by atoms with E-state index in [0.717, 1.165) is 39.8 Å². The molecular formula is C19H22N4O2. The Balaban J connectivity index is 1.91. The molecule has 2 heterocycles. The molecular weight excluding hydrogens is 316 g/mol. The summed E-state index contributed by atoms with van der Waals surface area (Å²) in [5, 5.41) is 4.60. The number of carbonyl (C=O) groups is 2. The molecule has 2 aromatic rings. The number of nitrogens with two attached hydrogens (primary N) is 1. The summed E-state index contributed by atoms with van der Waals surface area (Å²) in [6, 6.07) is 4.05. The van der Waals surface area contributed by atoms with Crippen molar-refractivity contribution in [1.29, 1.82) is 0 Å². The molecule has 0 spiro atoms. The van der Waals surface area contributed by atoms with Crippen LogP contribution in [0.4, 0.5) is 5.69 Å². The maximum atomic E-state index is 11.6. The van der Waals surface area contributed by atoms with Gasteiger partial charge in [-0.3, -0.25) is 9.59 Å². The summed E-state index contributed by atoms with van der Waals surface area (Å²) in [7, 11) is 0. The van der Waals surface area contributed by atoms with Gasteiger partial charge < -0.3 is 20.9 Å². The Kier molecular flexibility index (Phi) is 4.41. The van der Waals surface area contributed by atoms with E-state index in [1.807, 2.05) is 19.1 Å². The Labute approximate surface area is 146 Å². The molecule has 0 aliphatic carbocycles. The fraction of sp³-hybridized carbons (Fsp3) is 0.368. The first-order valence-corrected chi connectivity index (χ1v) is 8.31. The van der Waals surface area contributed by atoms with E-state index in [4.69, 9.17) is 12.2 Å². The van der Waals surface area contributed by atoms with E-state index < -0.39 is 0 Å². The second-order valence-electron chi connectivity index (χ2n) is 6.57. The zero-order chi connectivity index (χ0) is 18.1. The number of fused-ring (bicyclic) bond motifs is 1. The van der Waals surface area contributed by atoms with Crippen LogP contribution in [0, 0.1) is 26.2 Å². The van der Waals surface area contributed by atoms with Crippen molar-refractivity contribution in [2.24, 2.45) is 5.73 Å². The summed E-state index contributed by atoms with van der Waals surface area (Å²) in [6.07, 6.45) is 6.25. The average Bonchev–Trinajstić information content (AvgIpc) is 3.15. The van der Waals surface area contributed by atoms with Gasteiger partial charge in [0, 0.05) is 35.9 Å². The quantitative estimate of drug-likeness (QED) is 0.737. The molecule has 1 aliphatic heterocycles. The van der Waals surface area contributed by atoms with Gasteiger partial charge in [0.15, 0.2) is 0 Å². The maximum Gasteiger partial charge on any atom is 0.298 e. The predicted molar refractivity (Wildman–Crippen MR) is 98.1 cm³/mol. The van der Waals surface area contributed by atoms with Crippen molar-refractivity contribution in [1.82, 2.24) is 9.88 Å². The Hall–Kier alpha value is -2.94. The molecule has 1 fully saturated rings. The molecule has 6 heteroatoms. The van der Waals surface area contributed by atoms with Crippen LogP contribution >= 0.6 is 0 Å². The van der Waals surface area contributed by atoms with Crippen molar-refractivity contribution in [2.45, 2.75) is 32.7 Å². The smallest absolute Gasteiger partial charge is 0.298 e. The van der Waals surface area contributed by atoms with Gasteiger partial charge >= 0.3 is 0 Å². The molecule has 25 heavy (non-hydrogen) atoms. The summed E-state index contributed by atoms with van der Waals surface area (Å²) in [5.41, 5.74) is 10.4. The largest absolute Gasteiger partial charge is 0.380 e. The van der Waals surface area contributed by atoms with E-state index in [0.29, 0.717) is 13.1 Å². The molecule has 1 saturated heterocycles. The molecule has 130 valence electrons. The van der Waals surface area contributed by atoms with Gasteiger partial charge in [0.05, 0.1) is 11.9 Å². The fourth-order valence-electron chi connectivity index (χ4n) is 3.48. The highest BCUT2D eigenvalue weighted by Gasteiger charge is 2.26. The SMILES string of the molecule is C#CC(=O)N1CCC(Nc2ccc(CC(N)=O)c3[nH]c(C)c(C)c23)C1. The number of nitrogens with one attached hydrogen (secondary N) is 2. The van der Waals surface area contributed by atoms with Gasteiger partial charge in [0.25, 0.3) is 5.91 Å². The number of aromatic amines is 1. The van der Waals surface area contributed by atoms with Gasteiger partial charge in [-0.2, -0.15) is 0 Å². The maximum absolute atomic E-state index is 11.6. The third kappa shape index (κ3) is 3.18. The molecule has 1 aromatic heterocycles. The van der Waals surface area contributed by atoms with Crippen molar-refractivity contribution in [3.8, 4) is 12.3 Å². The van der Waals surface area contributed by atoms with E-state index in [1.165, 1.54) is 0 Å². The van der Waals surface area contributed by atoms with Gasteiger partial charge in [-0.1, -0.05) is 6.07 Å². The van der Waals surface area contributed by atoms with Crippen LogP contribution in [0.5, 0.6) is 0 Å². The van der Waals surface area contributed by atoms with Gasteiger partial charge in [-0.15, -0.1) is 6.42 Å². The van der Waals surface area contributed by atoms with Crippen molar-refractivity contribution in [3.63, 3.8) is 0 Å². The van der Waals surface area contributed by atoms with Gasteiger partial charge in [-0.25, -0.2) is 0 Å². The fourth-order valence-corrected chi connectivity index (χ4v) is 3.48. The lowest BCUT2D eigenvalue weighted by atomic mass is 10.0. The minimum Gasteiger partial charge on any atom is -0.380 e. The molecule has 1 aliphatic rings. The van der Waals surface area contributed by atoms with Crippen molar-refractivity contribution in [3.05, 3.63) is 29.0 Å². The number of aromatic nitrogens is 1. The normalized spacial score (nSPS) is 16.8. The number of terminal acetylenes is 1. The number of H-pyrrole nitrogens is 1. The summed E-state index contributed by atoms with van der Waals surface area (Å²) >= 11 is 0. The van der Waals surface area contributed by atoms with Crippen molar-refractivity contribution < 1.29 is 9.59 Å². The van der Waals surface area contributed by atoms with Crippen LogP contribution in [-0.2, 0) is 16.0 Å². The van der Waals surface area contributed by atoms with Crippen LogP contribution in [0.15, 0.2) is 12.1 Å². The molecule has 1 atom stereocenters. The first kappa shape index (κ1) is 16.9. The Morgan fingerprint density at radius 1 is 1.44 bits per heavy atom. The molecule has 1 aromatic carbocycles. The monoisotopic (exact) mass is 338 g/mol. The molecule has 4 N–H and O–H groups in total. The molecule has 6 nitrogen and oxygen atoms in total. The second kappa shape index (κ2) is 6.52. The zero-order valence-electron chi connectivity index (χ0n) is 14.5. The Bertz CT molecular complexity index is 891. The topological polar surface area (TPSA) is 91.2 Å². The van der Waals surface area contributed by atoms with Gasteiger partial charge in [0.1, 0.15) is 0 Å². The van der Waals surface area contributed by atoms with Crippen LogP contribution in [0.3, 0.4) is 0 Å². The first-order chi connectivity index (χ1) is 11.9. The number of hydrogen-bond acceptors (Lipinski definition) is 3. The number of rotatable bonds is 4. The highest BCUT2D eigenvalue weighted by atomic mass is 16.2. The van der Waals surface area contributed by atoms with Crippen LogP contribution < -0.4 is 11.1 Å². The molecule has 1 unspecified atom stereocenters. The third-order valence-electron chi connectivity index (χ3n) is 4.86. The number of benzene rings is 1. The van der Waals surface area contributed by atoms with E-state index in [1.54, 1.807) is 4.90 Å². The number of carbonyl (C=O) groups excluding carboxylic acids is 2.